The summed E-state index contributed by atoms with van der Waals surface area (Å²) in [5, 5.41) is 10.4. The molecule has 1 aromatic carbocycles. The summed E-state index contributed by atoms with van der Waals surface area (Å²) in [4.78, 5) is 10.3. The van der Waals surface area contributed by atoms with Gasteiger partial charge < -0.3 is 0 Å². The zero-order chi connectivity index (χ0) is 9.30. The van der Waals surface area contributed by atoms with Crippen molar-refractivity contribution in [2.45, 2.75) is 4.90 Å². The van der Waals surface area contributed by atoms with Gasteiger partial charge in [0, 0.05) is 14.1 Å². The number of rotatable bonds is 1. The molecule has 0 bridgehead atoms. The zero-order valence-corrected chi connectivity index (χ0v) is 10.3. The van der Waals surface area contributed by atoms with Crippen molar-refractivity contribution in [3.63, 3.8) is 0 Å². The number of hydrogen-bond donors (Lipinski definition) is 1. The normalized spacial score (nSPS) is 9.92. The van der Waals surface area contributed by atoms with E-state index in [1.807, 2.05) is 0 Å². The molecule has 0 aliphatic rings. The Labute approximate surface area is 96.4 Å². The molecule has 0 saturated heterocycles. The summed E-state index contributed by atoms with van der Waals surface area (Å²) in [6.45, 7) is 0. The Hall–Kier alpha value is 0.180. The molecule has 0 fully saturated rings. The highest BCUT2D eigenvalue weighted by Crippen LogP contribution is 2.30. The van der Waals surface area contributed by atoms with Crippen molar-refractivity contribution in [2.24, 2.45) is 0 Å². The van der Waals surface area contributed by atoms with Gasteiger partial charge in [-0.1, -0.05) is 0 Å². The Kier molecular flexibility index (Phi) is 3.36. The van der Waals surface area contributed by atoms with Gasteiger partial charge in [0.15, 0.2) is 0 Å². The monoisotopic (exact) mass is 359 g/mol. The molecular weight excluding hydrogens is 357 g/mol. The fourth-order valence-electron chi connectivity index (χ4n) is 0.672. The molecule has 1 aromatic rings. The third kappa shape index (κ3) is 2.11. The van der Waals surface area contributed by atoms with Gasteiger partial charge in [0.05, 0.1) is 9.82 Å². The number of halogens is 2. The molecule has 0 unspecified atom stereocenters. The van der Waals surface area contributed by atoms with Crippen LogP contribution in [0.3, 0.4) is 0 Å². The lowest BCUT2D eigenvalue weighted by Gasteiger charge is -1.98. The van der Waals surface area contributed by atoms with E-state index in [-0.39, 0.29) is 5.69 Å². The molecular formula is C6H3BrINO2S. The third-order valence-corrected chi connectivity index (χ3v) is 3.86. The van der Waals surface area contributed by atoms with Crippen molar-refractivity contribution >= 4 is 56.8 Å². The lowest BCUT2D eigenvalue weighted by molar-refractivity contribution is -0.387. The second-order valence-corrected chi connectivity index (χ2v) is 4.51. The molecule has 6 heteroatoms. The average molecular weight is 360 g/mol. The molecule has 3 nitrogen and oxygen atoms in total. The predicted molar refractivity (Wildman–Crippen MR) is 60.8 cm³/mol. The van der Waals surface area contributed by atoms with E-state index in [1.54, 1.807) is 6.07 Å². The summed E-state index contributed by atoms with van der Waals surface area (Å²) < 4.78 is 1.62. The van der Waals surface area contributed by atoms with Crippen LogP contribution in [0.15, 0.2) is 21.5 Å². The van der Waals surface area contributed by atoms with Crippen molar-refractivity contribution in [3.8, 4) is 0 Å². The maximum absolute atomic E-state index is 10.4. The quantitative estimate of drug-likeness (QED) is 0.362. The van der Waals surface area contributed by atoms with E-state index in [4.69, 9.17) is 0 Å². The van der Waals surface area contributed by atoms with Crippen LogP contribution < -0.4 is 0 Å². The number of benzene rings is 1. The van der Waals surface area contributed by atoms with Crippen LogP contribution in [0, 0.1) is 13.7 Å². The molecule has 0 atom stereocenters. The third-order valence-electron chi connectivity index (χ3n) is 1.21. The lowest BCUT2D eigenvalue weighted by Crippen LogP contribution is -1.90. The van der Waals surface area contributed by atoms with Crippen molar-refractivity contribution in [1.82, 2.24) is 0 Å². The number of nitro groups is 1. The van der Waals surface area contributed by atoms with Crippen molar-refractivity contribution in [1.29, 1.82) is 0 Å². The number of hydrogen-bond acceptors (Lipinski definition) is 3. The highest BCUT2D eigenvalue weighted by Gasteiger charge is 2.13. The summed E-state index contributed by atoms with van der Waals surface area (Å²) in [5.41, 5.74) is 0.0191. The average Bonchev–Trinajstić information content (AvgIpc) is 1.96. The molecule has 0 N–H and O–H groups in total. The van der Waals surface area contributed by atoms with E-state index < -0.39 is 4.92 Å². The fraction of sp³-hybridized carbons (Fsp3) is 0. The largest absolute Gasteiger partial charge is 0.283 e. The van der Waals surface area contributed by atoms with Gasteiger partial charge in [-0.15, -0.1) is 12.6 Å². The molecule has 0 aromatic heterocycles. The van der Waals surface area contributed by atoms with E-state index in [1.165, 1.54) is 6.07 Å². The number of nitrogens with zero attached hydrogens (tertiary/aromatic N) is 1. The molecule has 0 radical (unpaired) electrons. The van der Waals surface area contributed by atoms with Crippen LogP contribution in [0.2, 0.25) is 0 Å². The Morgan fingerprint density at radius 2 is 2.17 bits per heavy atom. The van der Waals surface area contributed by atoms with Crippen LogP contribution in [-0.2, 0) is 0 Å². The summed E-state index contributed by atoms with van der Waals surface area (Å²) >= 11 is 9.26. The van der Waals surface area contributed by atoms with Gasteiger partial charge in [0.1, 0.15) is 0 Å². The summed E-state index contributed by atoms with van der Waals surface area (Å²) in [6, 6.07) is 3.09. The standard InChI is InChI=1S/C6H3BrINO2S/c7-3-1-5(9(10)11)6(12)2-4(3)8/h1-2,12H. The van der Waals surface area contributed by atoms with Crippen LogP contribution in [0.1, 0.15) is 0 Å². The molecule has 0 amide bonds. The lowest BCUT2D eigenvalue weighted by atomic mass is 10.3. The summed E-state index contributed by atoms with van der Waals surface area (Å²) in [6.07, 6.45) is 0. The van der Waals surface area contributed by atoms with Gasteiger partial charge in [-0.25, -0.2) is 0 Å². The van der Waals surface area contributed by atoms with Gasteiger partial charge >= 0.3 is 0 Å². The van der Waals surface area contributed by atoms with Crippen LogP contribution >= 0.6 is 51.1 Å². The van der Waals surface area contributed by atoms with Crippen molar-refractivity contribution in [3.05, 3.63) is 30.3 Å². The Morgan fingerprint density at radius 3 is 2.67 bits per heavy atom. The first-order chi connectivity index (χ1) is 5.52. The molecule has 0 aliphatic heterocycles. The van der Waals surface area contributed by atoms with Crippen molar-refractivity contribution in [2.75, 3.05) is 0 Å². The van der Waals surface area contributed by atoms with Gasteiger partial charge in [0.2, 0.25) is 0 Å². The summed E-state index contributed by atoms with van der Waals surface area (Å²) in [5.74, 6) is 0. The van der Waals surface area contributed by atoms with Gasteiger partial charge in [0.25, 0.3) is 5.69 Å². The molecule has 1 rings (SSSR count). The smallest absolute Gasteiger partial charge is 0.258 e. The first-order valence-electron chi connectivity index (χ1n) is 2.85. The Bertz CT molecular complexity index is 345. The second kappa shape index (κ2) is 3.93. The van der Waals surface area contributed by atoms with Gasteiger partial charge in [-0.2, -0.15) is 0 Å². The minimum absolute atomic E-state index is 0.0191. The first-order valence-corrected chi connectivity index (χ1v) is 5.16. The molecule has 0 aliphatic carbocycles. The number of thiol groups is 1. The second-order valence-electron chi connectivity index (χ2n) is 2.01. The fourth-order valence-corrected chi connectivity index (χ4v) is 1.99. The molecule has 0 saturated carbocycles. The molecule has 0 spiro atoms. The SMILES string of the molecule is O=[N+]([O-])c1cc(Br)c(I)cc1S. The minimum Gasteiger partial charge on any atom is -0.258 e. The van der Waals surface area contributed by atoms with Crippen molar-refractivity contribution < 1.29 is 4.92 Å². The van der Waals surface area contributed by atoms with Gasteiger partial charge in [-0.05, 0) is 44.6 Å². The highest BCUT2D eigenvalue weighted by molar-refractivity contribution is 14.1. The van der Waals surface area contributed by atoms with E-state index in [9.17, 15) is 10.1 Å². The van der Waals surface area contributed by atoms with Crippen LogP contribution in [-0.4, -0.2) is 4.92 Å². The molecule has 64 valence electrons. The molecule has 12 heavy (non-hydrogen) atoms. The van der Waals surface area contributed by atoms with E-state index in [2.05, 4.69) is 51.1 Å². The highest BCUT2D eigenvalue weighted by atomic mass is 127. The maximum atomic E-state index is 10.4. The van der Waals surface area contributed by atoms with Crippen LogP contribution in [0.25, 0.3) is 0 Å². The minimum atomic E-state index is -0.455. The van der Waals surface area contributed by atoms with Crippen LogP contribution in [0.4, 0.5) is 5.69 Å². The first kappa shape index (κ1) is 10.3. The van der Waals surface area contributed by atoms with E-state index in [0.717, 1.165) is 3.57 Å². The zero-order valence-electron chi connectivity index (χ0n) is 5.62. The Balaban J connectivity index is 3.33. The molecule has 0 heterocycles. The Morgan fingerprint density at radius 1 is 1.58 bits per heavy atom. The topological polar surface area (TPSA) is 43.1 Å². The summed E-state index contributed by atoms with van der Waals surface area (Å²) in [7, 11) is 0. The van der Waals surface area contributed by atoms with E-state index >= 15 is 0 Å². The van der Waals surface area contributed by atoms with Crippen LogP contribution in [0.5, 0.6) is 0 Å². The predicted octanol–water partition coefficient (Wildman–Crippen LogP) is 3.25. The maximum Gasteiger partial charge on any atom is 0.283 e. The van der Waals surface area contributed by atoms with E-state index in [0.29, 0.717) is 9.37 Å². The van der Waals surface area contributed by atoms with Gasteiger partial charge in [-0.3, -0.25) is 10.1 Å². The number of nitro benzene ring substituents is 1.